The standard InChI is InChI=1S/C28H29N5O3S2/c1-17-8-7-10-19(14-17)33-23(15-36-21-12-5-3-9-18(21)2)31-32-28(33)37-16-24(34)30-27-25(26(29)35)20-11-4-6-13-22(20)38-27/h3,5,7-10,12,14H,4,6,11,13,15-16H2,1-2H3,(H2,29,35)(H,30,34). The number of nitrogens with zero attached hydrogens (tertiary/aromatic N) is 3. The van der Waals surface area contributed by atoms with E-state index in [1.807, 2.05) is 66.9 Å². The first-order valence-corrected chi connectivity index (χ1v) is 14.3. The molecule has 0 spiro atoms. The van der Waals surface area contributed by atoms with Gasteiger partial charge in [-0.3, -0.25) is 14.2 Å². The summed E-state index contributed by atoms with van der Waals surface area (Å²) in [4.78, 5) is 26.3. The van der Waals surface area contributed by atoms with Crippen LogP contribution in [0.1, 0.15) is 50.6 Å². The summed E-state index contributed by atoms with van der Waals surface area (Å²) in [6, 6.07) is 15.8. The van der Waals surface area contributed by atoms with Crippen molar-refractivity contribution in [3.8, 4) is 11.4 Å². The fraction of sp³-hybridized carbons (Fsp3) is 0.286. The first kappa shape index (κ1) is 26.0. The Bertz CT molecular complexity index is 1490. The van der Waals surface area contributed by atoms with E-state index in [0.29, 0.717) is 21.5 Å². The van der Waals surface area contributed by atoms with E-state index in [1.165, 1.54) is 23.1 Å². The number of carbonyl (C=O) groups excluding carboxylic acids is 2. The lowest BCUT2D eigenvalue weighted by molar-refractivity contribution is -0.113. The Morgan fingerprint density at radius 3 is 2.71 bits per heavy atom. The van der Waals surface area contributed by atoms with Crippen molar-refractivity contribution in [3.63, 3.8) is 0 Å². The van der Waals surface area contributed by atoms with E-state index < -0.39 is 5.91 Å². The molecule has 0 radical (unpaired) electrons. The fourth-order valence-corrected chi connectivity index (χ4v) is 6.66. The number of benzene rings is 2. The average molecular weight is 548 g/mol. The van der Waals surface area contributed by atoms with Gasteiger partial charge in [0.05, 0.1) is 11.3 Å². The quantitative estimate of drug-likeness (QED) is 0.278. The number of thiophene rings is 1. The maximum Gasteiger partial charge on any atom is 0.251 e. The normalized spacial score (nSPS) is 12.7. The van der Waals surface area contributed by atoms with Crippen LogP contribution in [0.4, 0.5) is 5.00 Å². The molecule has 8 nitrogen and oxygen atoms in total. The summed E-state index contributed by atoms with van der Waals surface area (Å²) >= 11 is 2.74. The van der Waals surface area contributed by atoms with Gasteiger partial charge in [0.15, 0.2) is 11.0 Å². The fourth-order valence-electron chi connectivity index (χ4n) is 4.58. The molecule has 2 aromatic heterocycles. The Balaban J connectivity index is 1.35. The largest absolute Gasteiger partial charge is 0.485 e. The summed E-state index contributed by atoms with van der Waals surface area (Å²) in [7, 11) is 0. The first-order valence-electron chi connectivity index (χ1n) is 12.5. The maximum absolute atomic E-state index is 13.0. The number of nitrogens with one attached hydrogen (secondary N) is 1. The molecule has 0 atom stereocenters. The average Bonchev–Trinajstić information content (AvgIpc) is 3.47. The number of anilines is 1. The Labute approximate surface area is 229 Å². The van der Waals surface area contributed by atoms with Crippen LogP contribution in [0, 0.1) is 13.8 Å². The number of rotatable bonds is 9. The maximum atomic E-state index is 13.0. The summed E-state index contributed by atoms with van der Waals surface area (Å²) in [5.74, 6) is 0.786. The summed E-state index contributed by atoms with van der Waals surface area (Å²) in [5, 5.41) is 12.8. The van der Waals surface area contributed by atoms with Crippen molar-refractivity contribution in [2.24, 2.45) is 5.73 Å². The monoisotopic (exact) mass is 547 g/mol. The summed E-state index contributed by atoms with van der Waals surface area (Å²) in [6.07, 6.45) is 3.84. The predicted molar refractivity (Wildman–Crippen MR) is 150 cm³/mol. The lowest BCUT2D eigenvalue weighted by atomic mass is 9.95. The molecule has 5 rings (SSSR count). The smallest absolute Gasteiger partial charge is 0.251 e. The zero-order chi connectivity index (χ0) is 26.6. The van der Waals surface area contributed by atoms with E-state index in [4.69, 9.17) is 10.5 Å². The number of hydrogen-bond acceptors (Lipinski definition) is 7. The lowest BCUT2D eigenvalue weighted by Crippen LogP contribution is -2.19. The molecule has 10 heteroatoms. The molecule has 0 unspecified atom stereocenters. The van der Waals surface area contributed by atoms with Crippen LogP contribution in [0.15, 0.2) is 53.7 Å². The van der Waals surface area contributed by atoms with Crippen LogP contribution in [-0.2, 0) is 24.2 Å². The second-order valence-electron chi connectivity index (χ2n) is 9.24. The van der Waals surface area contributed by atoms with Gasteiger partial charge in [0.25, 0.3) is 5.91 Å². The van der Waals surface area contributed by atoms with Gasteiger partial charge in [-0.05, 0) is 74.4 Å². The number of para-hydroxylation sites is 1. The molecular formula is C28H29N5O3S2. The van der Waals surface area contributed by atoms with Crippen LogP contribution >= 0.6 is 23.1 Å². The number of ether oxygens (including phenoxy) is 1. The molecule has 0 fully saturated rings. The van der Waals surface area contributed by atoms with Crippen molar-refractivity contribution in [1.82, 2.24) is 14.8 Å². The molecule has 4 aromatic rings. The third kappa shape index (κ3) is 5.61. The zero-order valence-corrected chi connectivity index (χ0v) is 23.0. The van der Waals surface area contributed by atoms with Gasteiger partial charge >= 0.3 is 0 Å². The van der Waals surface area contributed by atoms with Crippen LogP contribution < -0.4 is 15.8 Å². The highest BCUT2D eigenvalue weighted by molar-refractivity contribution is 7.99. The van der Waals surface area contributed by atoms with Gasteiger partial charge < -0.3 is 15.8 Å². The highest BCUT2D eigenvalue weighted by Gasteiger charge is 2.25. The number of thioether (sulfide) groups is 1. The second kappa shape index (κ2) is 11.4. The van der Waals surface area contributed by atoms with Gasteiger partial charge in [0.2, 0.25) is 5.91 Å². The molecule has 2 heterocycles. The molecule has 1 aliphatic carbocycles. The van der Waals surface area contributed by atoms with Crippen molar-refractivity contribution >= 4 is 39.9 Å². The van der Waals surface area contributed by atoms with Gasteiger partial charge in [-0.25, -0.2) is 0 Å². The molecule has 0 bridgehead atoms. The molecule has 38 heavy (non-hydrogen) atoms. The minimum atomic E-state index is -0.496. The number of aromatic nitrogens is 3. The first-order chi connectivity index (χ1) is 18.4. The third-order valence-corrected chi connectivity index (χ3v) is 8.55. The summed E-state index contributed by atoms with van der Waals surface area (Å²) in [6.45, 7) is 4.24. The number of carbonyl (C=O) groups is 2. The third-order valence-electron chi connectivity index (χ3n) is 6.41. The van der Waals surface area contributed by atoms with Crippen LogP contribution in [0.3, 0.4) is 0 Å². The van der Waals surface area contributed by atoms with E-state index >= 15 is 0 Å². The Morgan fingerprint density at radius 1 is 1.11 bits per heavy atom. The van der Waals surface area contributed by atoms with Crippen molar-refractivity contribution < 1.29 is 14.3 Å². The number of amides is 2. The van der Waals surface area contributed by atoms with Gasteiger partial charge in [-0.2, -0.15) is 0 Å². The minimum Gasteiger partial charge on any atom is -0.485 e. The minimum absolute atomic E-state index is 0.101. The number of hydrogen-bond donors (Lipinski definition) is 2. The van der Waals surface area contributed by atoms with E-state index in [-0.39, 0.29) is 18.3 Å². The van der Waals surface area contributed by atoms with Crippen LogP contribution in [0.5, 0.6) is 5.75 Å². The van der Waals surface area contributed by atoms with Crippen molar-refractivity contribution in [2.45, 2.75) is 51.3 Å². The van der Waals surface area contributed by atoms with E-state index in [1.54, 1.807) is 0 Å². The predicted octanol–water partition coefficient (Wildman–Crippen LogP) is 5.23. The van der Waals surface area contributed by atoms with E-state index in [9.17, 15) is 9.59 Å². The van der Waals surface area contributed by atoms with Gasteiger partial charge in [0.1, 0.15) is 17.4 Å². The molecule has 2 amide bonds. The number of fused-ring (bicyclic) bond motifs is 1. The molecule has 3 N–H and O–H groups in total. The Morgan fingerprint density at radius 2 is 1.92 bits per heavy atom. The van der Waals surface area contributed by atoms with Crippen LogP contribution in [-0.4, -0.2) is 32.3 Å². The zero-order valence-electron chi connectivity index (χ0n) is 21.3. The number of nitrogens with two attached hydrogens (primary N) is 1. The van der Waals surface area contributed by atoms with Gasteiger partial charge in [-0.1, -0.05) is 42.1 Å². The summed E-state index contributed by atoms with van der Waals surface area (Å²) < 4.78 is 7.97. The van der Waals surface area contributed by atoms with Crippen molar-refractivity contribution in [2.75, 3.05) is 11.1 Å². The number of aryl methyl sites for hydroxylation is 3. The van der Waals surface area contributed by atoms with Crippen LogP contribution in [0.2, 0.25) is 0 Å². The molecule has 1 aliphatic rings. The lowest BCUT2D eigenvalue weighted by Gasteiger charge is -2.13. The highest BCUT2D eigenvalue weighted by Crippen LogP contribution is 2.38. The molecule has 0 saturated carbocycles. The molecule has 0 aliphatic heterocycles. The van der Waals surface area contributed by atoms with Gasteiger partial charge in [0, 0.05) is 10.6 Å². The van der Waals surface area contributed by atoms with Crippen molar-refractivity contribution in [1.29, 1.82) is 0 Å². The Hall–Kier alpha value is -3.63. The number of primary amides is 1. The summed E-state index contributed by atoms with van der Waals surface area (Å²) in [5.41, 5.74) is 10.2. The van der Waals surface area contributed by atoms with E-state index in [0.717, 1.165) is 58.7 Å². The SMILES string of the molecule is Cc1cccc(-n2c(COc3ccccc3C)nnc2SCC(=O)Nc2sc3c(c2C(N)=O)CCCC3)c1. The van der Waals surface area contributed by atoms with Gasteiger partial charge in [-0.15, -0.1) is 21.5 Å². The molecule has 2 aromatic carbocycles. The highest BCUT2D eigenvalue weighted by atomic mass is 32.2. The molecule has 196 valence electrons. The van der Waals surface area contributed by atoms with E-state index in [2.05, 4.69) is 15.5 Å². The topological polar surface area (TPSA) is 112 Å². The molecule has 0 saturated heterocycles. The van der Waals surface area contributed by atoms with Crippen LogP contribution in [0.25, 0.3) is 5.69 Å². The second-order valence-corrected chi connectivity index (χ2v) is 11.3. The molecular weight excluding hydrogens is 518 g/mol. The Kier molecular flexibility index (Phi) is 7.80. The van der Waals surface area contributed by atoms with Crippen molar-refractivity contribution in [3.05, 3.63) is 81.5 Å².